The summed E-state index contributed by atoms with van der Waals surface area (Å²) in [6.07, 6.45) is 3.42. The van der Waals surface area contributed by atoms with E-state index in [0.717, 1.165) is 38.5 Å². The van der Waals surface area contributed by atoms with Crippen LogP contribution in [0.5, 0.6) is 0 Å². The molecule has 0 saturated carbocycles. The van der Waals surface area contributed by atoms with Gasteiger partial charge in [0.1, 0.15) is 0 Å². The van der Waals surface area contributed by atoms with E-state index in [-0.39, 0.29) is 6.04 Å². The molecule has 1 atom stereocenters. The molecule has 3 N–H and O–H groups in total. The lowest BCUT2D eigenvalue weighted by Gasteiger charge is -2.39. The highest BCUT2D eigenvalue weighted by Gasteiger charge is 2.25. The van der Waals surface area contributed by atoms with Crippen LogP contribution in [0.25, 0.3) is 0 Å². The Labute approximate surface area is 117 Å². The molecule has 19 heavy (non-hydrogen) atoms. The molecule has 5 heteroatoms. The number of nitrogens with zero attached hydrogens (tertiary/aromatic N) is 3. The molecule has 0 aromatic rings. The molecule has 1 unspecified atom stereocenters. The van der Waals surface area contributed by atoms with Gasteiger partial charge in [0.15, 0.2) is 5.84 Å². The predicted octanol–water partition coefficient (Wildman–Crippen LogP) is 1.57. The third kappa shape index (κ3) is 4.66. The van der Waals surface area contributed by atoms with Crippen molar-refractivity contribution in [2.24, 2.45) is 16.8 Å². The standard InChI is InChI=1S/C14H30N4O/c1-4-12(5-2)11-17-7-9-18(10-8-17)13(6-3)14(15)16-19/h12-13,19H,4-11H2,1-3H3,(H2,15,16). The van der Waals surface area contributed by atoms with Crippen molar-refractivity contribution in [3.8, 4) is 0 Å². The Morgan fingerprint density at radius 1 is 1.11 bits per heavy atom. The lowest BCUT2D eigenvalue weighted by molar-refractivity contribution is 0.101. The highest BCUT2D eigenvalue weighted by Crippen LogP contribution is 2.14. The molecule has 1 saturated heterocycles. The van der Waals surface area contributed by atoms with Crippen molar-refractivity contribution in [3.05, 3.63) is 0 Å². The van der Waals surface area contributed by atoms with Gasteiger partial charge in [-0.2, -0.15) is 0 Å². The second-order valence-electron chi connectivity index (χ2n) is 5.47. The van der Waals surface area contributed by atoms with E-state index in [2.05, 4.69) is 35.7 Å². The number of hydrogen-bond acceptors (Lipinski definition) is 4. The van der Waals surface area contributed by atoms with Crippen molar-refractivity contribution in [3.63, 3.8) is 0 Å². The molecular weight excluding hydrogens is 240 g/mol. The van der Waals surface area contributed by atoms with Crippen LogP contribution in [0.15, 0.2) is 5.16 Å². The summed E-state index contributed by atoms with van der Waals surface area (Å²) in [6, 6.07) is 0.0836. The summed E-state index contributed by atoms with van der Waals surface area (Å²) in [7, 11) is 0. The van der Waals surface area contributed by atoms with E-state index in [1.54, 1.807) is 0 Å². The second-order valence-corrected chi connectivity index (χ2v) is 5.47. The topological polar surface area (TPSA) is 65.1 Å². The molecule has 0 bridgehead atoms. The highest BCUT2D eigenvalue weighted by atomic mass is 16.4. The van der Waals surface area contributed by atoms with Crippen molar-refractivity contribution in [1.29, 1.82) is 0 Å². The van der Waals surface area contributed by atoms with Gasteiger partial charge in [-0.05, 0) is 12.3 Å². The number of oxime groups is 1. The van der Waals surface area contributed by atoms with Crippen molar-refractivity contribution in [1.82, 2.24) is 9.80 Å². The average Bonchev–Trinajstić information content (AvgIpc) is 2.46. The van der Waals surface area contributed by atoms with Gasteiger partial charge in [-0.1, -0.05) is 38.8 Å². The Morgan fingerprint density at radius 3 is 2.11 bits per heavy atom. The van der Waals surface area contributed by atoms with Crippen LogP contribution in [0, 0.1) is 5.92 Å². The predicted molar refractivity (Wildman–Crippen MR) is 79.6 cm³/mol. The normalized spacial score (nSPS) is 20.9. The van der Waals surface area contributed by atoms with E-state index >= 15 is 0 Å². The summed E-state index contributed by atoms with van der Waals surface area (Å²) in [5.41, 5.74) is 5.76. The molecular formula is C14H30N4O. The number of rotatable bonds is 7. The van der Waals surface area contributed by atoms with Gasteiger partial charge in [-0.15, -0.1) is 0 Å². The maximum atomic E-state index is 8.83. The van der Waals surface area contributed by atoms with Gasteiger partial charge < -0.3 is 15.8 Å². The summed E-state index contributed by atoms with van der Waals surface area (Å²) in [5.74, 6) is 1.16. The first kappa shape index (κ1) is 16.2. The van der Waals surface area contributed by atoms with E-state index in [1.807, 2.05) is 0 Å². The molecule has 1 aliphatic rings. The fourth-order valence-electron chi connectivity index (χ4n) is 2.89. The van der Waals surface area contributed by atoms with E-state index in [9.17, 15) is 0 Å². The number of amidine groups is 1. The Balaban J connectivity index is 2.43. The van der Waals surface area contributed by atoms with E-state index in [4.69, 9.17) is 10.9 Å². The van der Waals surface area contributed by atoms with Gasteiger partial charge in [-0.3, -0.25) is 4.90 Å². The first-order valence-corrected chi connectivity index (χ1v) is 7.59. The van der Waals surface area contributed by atoms with Gasteiger partial charge in [0.2, 0.25) is 0 Å². The fourth-order valence-corrected chi connectivity index (χ4v) is 2.89. The maximum absolute atomic E-state index is 8.83. The number of nitrogens with two attached hydrogens (primary N) is 1. The summed E-state index contributed by atoms with van der Waals surface area (Å²) in [4.78, 5) is 4.88. The van der Waals surface area contributed by atoms with Crippen molar-refractivity contribution in [2.75, 3.05) is 32.7 Å². The molecule has 1 aliphatic heterocycles. The zero-order valence-corrected chi connectivity index (χ0v) is 12.7. The minimum absolute atomic E-state index is 0.0836. The summed E-state index contributed by atoms with van der Waals surface area (Å²) >= 11 is 0. The van der Waals surface area contributed by atoms with Crippen LogP contribution < -0.4 is 5.73 Å². The highest BCUT2D eigenvalue weighted by molar-refractivity contribution is 5.85. The SMILES string of the molecule is CCC(CC)CN1CCN(C(CC)C(N)=NO)CC1. The van der Waals surface area contributed by atoms with Crippen molar-refractivity contribution < 1.29 is 5.21 Å². The lowest BCUT2D eigenvalue weighted by Crippen LogP contribution is -2.54. The van der Waals surface area contributed by atoms with Crippen LogP contribution in [-0.4, -0.2) is 59.6 Å². The van der Waals surface area contributed by atoms with Gasteiger partial charge in [0.25, 0.3) is 0 Å². The summed E-state index contributed by atoms with van der Waals surface area (Å²) in [6.45, 7) is 12.0. The van der Waals surface area contributed by atoms with Crippen LogP contribution in [0.1, 0.15) is 40.0 Å². The molecule has 0 aromatic carbocycles. The first-order valence-electron chi connectivity index (χ1n) is 7.59. The van der Waals surface area contributed by atoms with Gasteiger partial charge >= 0.3 is 0 Å². The molecule has 0 amide bonds. The largest absolute Gasteiger partial charge is 0.409 e. The van der Waals surface area contributed by atoms with Crippen LogP contribution >= 0.6 is 0 Å². The van der Waals surface area contributed by atoms with Crippen LogP contribution in [0.4, 0.5) is 0 Å². The Bertz CT molecular complexity index is 271. The van der Waals surface area contributed by atoms with Gasteiger partial charge in [0, 0.05) is 32.7 Å². The first-order chi connectivity index (χ1) is 9.15. The van der Waals surface area contributed by atoms with Crippen molar-refractivity contribution in [2.45, 2.75) is 46.1 Å². The zero-order valence-electron chi connectivity index (χ0n) is 12.7. The van der Waals surface area contributed by atoms with Gasteiger partial charge in [-0.25, -0.2) is 0 Å². The summed E-state index contributed by atoms with van der Waals surface area (Å²) < 4.78 is 0. The molecule has 0 aliphatic carbocycles. The Kier molecular flexibility index (Phi) is 7.16. The maximum Gasteiger partial charge on any atom is 0.156 e. The third-order valence-electron chi connectivity index (χ3n) is 4.36. The Hall–Kier alpha value is -0.810. The molecule has 5 nitrogen and oxygen atoms in total. The molecule has 0 spiro atoms. The Morgan fingerprint density at radius 2 is 1.68 bits per heavy atom. The molecule has 1 fully saturated rings. The number of piperazine rings is 1. The molecule has 1 heterocycles. The lowest BCUT2D eigenvalue weighted by atomic mass is 10.0. The van der Waals surface area contributed by atoms with Gasteiger partial charge in [0.05, 0.1) is 6.04 Å². The smallest absolute Gasteiger partial charge is 0.156 e. The minimum atomic E-state index is 0.0836. The van der Waals surface area contributed by atoms with Crippen molar-refractivity contribution >= 4 is 5.84 Å². The van der Waals surface area contributed by atoms with E-state index < -0.39 is 0 Å². The van der Waals surface area contributed by atoms with Crippen LogP contribution in [0.2, 0.25) is 0 Å². The molecule has 0 aromatic heterocycles. The second kappa shape index (κ2) is 8.38. The van der Waals surface area contributed by atoms with Crippen LogP contribution in [-0.2, 0) is 0 Å². The number of hydrogen-bond donors (Lipinski definition) is 2. The molecule has 112 valence electrons. The minimum Gasteiger partial charge on any atom is -0.409 e. The molecule has 1 rings (SSSR count). The molecule has 0 radical (unpaired) electrons. The average molecular weight is 270 g/mol. The van der Waals surface area contributed by atoms with Crippen LogP contribution in [0.3, 0.4) is 0 Å². The van der Waals surface area contributed by atoms with E-state index in [1.165, 1.54) is 19.4 Å². The monoisotopic (exact) mass is 270 g/mol. The van der Waals surface area contributed by atoms with E-state index in [0.29, 0.717) is 5.84 Å². The fraction of sp³-hybridized carbons (Fsp3) is 0.929. The zero-order chi connectivity index (χ0) is 14.3. The summed E-state index contributed by atoms with van der Waals surface area (Å²) in [5, 5.41) is 12.0. The third-order valence-corrected chi connectivity index (χ3v) is 4.36. The quantitative estimate of drug-likeness (QED) is 0.319.